The molecule has 0 unspecified atom stereocenters. The Morgan fingerprint density at radius 3 is 2.65 bits per heavy atom. The highest BCUT2D eigenvalue weighted by atomic mass is 19.1. The molecule has 3 aromatic rings. The Kier molecular flexibility index (Phi) is 2.04. The molecule has 0 aliphatic heterocycles. The number of halogens is 1. The van der Waals surface area contributed by atoms with E-state index in [2.05, 4.69) is 9.97 Å². The summed E-state index contributed by atoms with van der Waals surface area (Å²) in [4.78, 5) is 8.42. The number of hydrogen-bond acceptors (Lipinski definition) is 3. The number of fused-ring (bicyclic) bond motifs is 1. The summed E-state index contributed by atoms with van der Waals surface area (Å²) in [5.74, 6) is 0.304. The molecule has 84 valence electrons. The van der Waals surface area contributed by atoms with Gasteiger partial charge in [0.1, 0.15) is 5.82 Å². The maximum absolute atomic E-state index is 12.8. The number of nitrogens with zero attached hydrogens (tertiary/aromatic N) is 3. The maximum Gasteiger partial charge on any atom is 0.234 e. The van der Waals surface area contributed by atoms with Crippen molar-refractivity contribution in [3.05, 3.63) is 48.7 Å². The molecule has 2 aromatic heterocycles. The van der Waals surface area contributed by atoms with Gasteiger partial charge >= 0.3 is 0 Å². The van der Waals surface area contributed by atoms with Crippen LogP contribution in [0.3, 0.4) is 0 Å². The van der Waals surface area contributed by atoms with Gasteiger partial charge in [-0.3, -0.25) is 4.40 Å². The van der Waals surface area contributed by atoms with E-state index in [0.29, 0.717) is 11.5 Å². The molecule has 0 bridgehead atoms. The molecule has 17 heavy (non-hydrogen) atoms. The Morgan fingerprint density at radius 1 is 1.12 bits per heavy atom. The molecule has 3 rings (SSSR count). The predicted octanol–water partition coefficient (Wildman–Crippen LogP) is 2.12. The van der Waals surface area contributed by atoms with Gasteiger partial charge in [-0.25, -0.2) is 14.4 Å². The van der Waals surface area contributed by atoms with Crippen LogP contribution < -0.4 is 5.73 Å². The summed E-state index contributed by atoms with van der Waals surface area (Å²) in [6.45, 7) is 0. The van der Waals surface area contributed by atoms with Crippen LogP contribution in [0.1, 0.15) is 0 Å². The number of rotatable bonds is 1. The third-order valence-corrected chi connectivity index (χ3v) is 2.47. The highest BCUT2D eigenvalue weighted by Crippen LogP contribution is 2.19. The van der Waals surface area contributed by atoms with Crippen LogP contribution in [0, 0.1) is 5.82 Å². The third-order valence-electron chi connectivity index (χ3n) is 2.47. The van der Waals surface area contributed by atoms with E-state index in [1.807, 2.05) is 6.20 Å². The van der Waals surface area contributed by atoms with Gasteiger partial charge in [0.15, 0.2) is 0 Å². The van der Waals surface area contributed by atoms with Crippen molar-refractivity contribution >= 4 is 11.5 Å². The number of imidazole rings is 1. The van der Waals surface area contributed by atoms with E-state index in [-0.39, 0.29) is 5.82 Å². The molecule has 2 heterocycles. The molecule has 0 aliphatic rings. The van der Waals surface area contributed by atoms with Gasteiger partial charge < -0.3 is 5.73 Å². The summed E-state index contributed by atoms with van der Waals surface area (Å²) in [5.41, 5.74) is 7.78. The first-order chi connectivity index (χ1) is 8.22. The first kappa shape index (κ1) is 9.77. The molecular weight excluding hydrogens is 219 g/mol. The van der Waals surface area contributed by atoms with Gasteiger partial charge in [-0.1, -0.05) is 0 Å². The lowest BCUT2D eigenvalue weighted by atomic mass is 10.2. The van der Waals surface area contributed by atoms with E-state index in [0.717, 1.165) is 11.3 Å². The summed E-state index contributed by atoms with van der Waals surface area (Å²) in [6, 6.07) is 6.17. The summed E-state index contributed by atoms with van der Waals surface area (Å²) in [6.07, 6.45) is 5.10. The second kappa shape index (κ2) is 3.55. The van der Waals surface area contributed by atoms with Gasteiger partial charge in [-0.05, 0) is 24.3 Å². The first-order valence-electron chi connectivity index (χ1n) is 5.08. The van der Waals surface area contributed by atoms with E-state index in [1.54, 1.807) is 28.9 Å². The van der Waals surface area contributed by atoms with Crippen LogP contribution in [0.15, 0.2) is 42.9 Å². The predicted molar refractivity (Wildman–Crippen MR) is 62.8 cm³/mol. The van der Waals surface area contributed by atoms with Crippen molar-refractivity contribution in [3.8, 4) is 11.3 Å². The number of hydrogen-bond donors (Lipinski definition) is 1. The van der Waals surface area contributed by atoms with E-state index >= 15 is 0 Å². The Labute approximate surface area is 96.6 Å². The highest BCUT2D eigenvalue weighted by Gasteiger charge is 2.05. The Morgan fingerprint density at radius 2 is 1.88 bits per heavy atom. The average molecular weight is 228 g/mol. The van der Waals surface area contributed by atoms with Gasteiger partial charge in [0.2, 0.25) is 5.78 Å². The van der Waals surface area contributed by atoms with Crippen molar-refractivity contribution in [1.29, 1.82) is 0 Å². The Balaban J connectivity index is 2.14. The van der Waals surface area contributed by atoms with Crippen LogP contribution in [-0.2, 0) is 0 Å². The monoisotopic (exact) mass is 228 g/mol. The van der Waals surface area contributed by atoms with Crippen LogP contribution in [0.5, 0.6) is 0 Å². The largest absolute Gasteiger partial charge is 0.396 e. The van der Waals surface area contributed by atoms with E-state index in [9.17, 15) is 4.39 Å². The molecule has 0 atom stereocenters. The number of aromatic nitrogens is 3. The van der Waals surface area contributed by atoms with Crippen LogP contribution >= 0.6 is 0 Å². The van der Waals surface area contributed by atoms with Crippen molar-refractivity contribution in [1.82, 2.24) is 14.4 Å². The van der Waals surface area contributed by atoms with Crippen LogP contribution in [-0.4, -0.2) is 14.4 Å². The molecule has 0 spiro atoms. The molecule has 2 N–H and O–H groups in total. The number of benzene rings is 1. The number of anilines is 1. The first-order valence-corrected chi connectivity index (χ1v) is 5.08. The Bertz CT molecular complexity index is 673. The summed E-state index contributed by atoms with van der Waals surface area (Å²) in [5, 5.41) is 0. The quantitative estimate of drug-likeness (QED) is 0.694. The fourth-order valence-corrected chi connectivity index (χ4v) is 1.66. The standard InChI is InChI=1S/C12H9FN4/c13-9-3-1-8(2-4-9)11-7-17-6-10(14)5-15-12(17)16-11/h1-7H,14H2. The SMILES string of the molecule is Nc1cnc2nc(-c3ccc(F)cc3)cn2c1. The molecule has 0 amide bonds. The van der Waals surface area contributed by atoms with E-state index in [4.69, 9.17) is 5.73 Å². The van der Waals surface area contributed by atoms with Crippen molar-refractivity contribution in [2.75, 3.05) is 5.73 Å². The minimum atomic E-state index is -0.264. The minimum absolute atomic E-state index is 0.264. The minimum Gasteiger partial charge on any atom is -0.396 e. The fourth-order valence-electron chi connectivity index (χ4n) is 1.66. The summed E-state index contributed by atoms with van der Waals surface area (Å²) >= 11 is 0. The second-order valence-electron chi connectivity index (χ2n) is 3.73. The second-order valence-corrected chi connectivity index (χ2v) is 3.73. The lowest BCUT2D eigenvalue weighted by molar-refractivity contribution is 0.628. The van der Waals surface area contributed by atoms with Crippen molar-refractivity contribution in [3.63, 3.8) is 0 Å². The zero-order chi connectivity index (χ0) is 11.8. The van der Waals surface area contributed by atoms with Gasteiger partial charge in [-0.15, -0.1) is 0 Å². The van der Waals surface area contributed by atoms with Gasteiger partial charge in [-0.2, -0.15) is 0 Å². The molecule has 4 nitrogen and oxygen atoms in total. The van der Waals surface area contributed by atoms with E-state index < -0.39 is 0 Å². The summed E-state index contributed by atoms with van der Waals surface area (Å²) < 4.78 is 14.5. The molecule has 0 fully saturated rings. The highest BCUT2D eigenvalue weighted by molar-refractivity contribution is 5.61. The van der Waals surface area contributed by atoms with Crippen LogP contribution in [0.4, 0.5) is 10.1 Å². The van der Waals surface area contributed by atoms with Gasteiger partial charge in [0.05, 0.1) is 17.6 Å². The van der Waals surface area contributed by atoms with E-state index in [1.165, 1.54) is 12.1 Å². The molecule has 0 radical (unpaired) electrons. The molecule has 5 heteroatoms. The smallest absolute Gasteiger partial charge is 0.234 e. The Hall–Kier alpha value is -2.43. The molecule has 0 aliphatic carbocycles. The normalized spacial score (nSPS) is 10.9. The van der Waals surface area contributed by atoms with Gasteiger partial charge in [0, 0.05) is 18.0 Å². The fraction of sp³-hybridized carbons (Fsp3) is 0. The van der Waals surface area contributed by atoms with Crippen LogP contribution in [0.2, 0.25) is 0 Å². The average Bonchev–Trinajstić information content (AvgIpc) is 2.72. The third kappa shape index (κ3) is 1.71. The topological polar surface area (TPSA) is 56.2 Å². The molecular formula is C12H9FN4. The number of nitrogens with two attached hydrogens (primary N) is 1. The van der Waals surface area contributed by atoms with Crippen LogP contribution in [0.25, 0.3) is 17.0 Å². The number of nitrogen functional groups attached to an aromatic ring is 1. The molecule has 1 aromatic carbocycles. The summed E-state index contributed by atoms with van der Waals surface area (Å²) in [7, 11) is 0. The molecule has 0 saturated carbocycles. The lowest BCUT2D eigenvalue weighted by Gasteiger charge is -1.94. The van der Waals surface area contributed by atoms with Crippen molar-refractivity contribution in [2.24, 2.45) is 0 Å². The molecule has 0 saturated heterocycles. The lowest BCUT2D eigenvalue weighted by Crippen LogP contribution is -1.91. The van der Waals surface area contributed by atoms with Gasteiger partial charge in [0.25, 0.3) is 0 Å². The van der Waals surface area contributed by atoms with Crippen molar-refractivity contribution < 1.29 is 4.39 Å². The van der Waals surface area contributed by atoms with Crippen molar-refractivity contribution in [2.45, 2.75) is 0 Å². The maximum atomic E-state index is 12.8. The zero-order valence-electron chi connectivity index (χ0n) is 8.84. The zero-order valence-corrected chi connectivity index (χ0v) is 8.84.